The zero-order valence-electron chi connectivity index (χ0n) is 11.0. The summed E-state index contributed by atoms with van der Waals surface area (Å²) >= 11 is 1.86. The second-order valence-corrected chi connectivity index (χ2v) is 5.27. The Morgan fingerprint density at radius 2 is 2.12 bits per heavy atom. The van der Waals surface area contributed by atoms with Gasteiger partial charge in [-0.3, -0.25) is 0 Å². The average molecular weight is 257 g/mol. The molecule has 98 valence electrons. The SMILES string of the molecule is CCNC(CCOCCOC)c1ccc(C)s1. The van der Waals surface area contributed by atoms with Crippen molar-refractivity contribution in [2.45, 2.75) is 26.3 Å². The molecule has 0 saturated carbocycles. The zero-order valence-corrected chi connectivity index (χ0v) is 11.8. The molecule has 1 unspecified atom stereocenters. The van der Waals surface area contributed by atoms with Gasteiger partial charge in [0.2, 0.25) is 0 Å². The van der Waals surface area contributed by atoms with Crippen molar-refractivity contribution in [3.63, 3.8) is 0 Å². The molecule has 17 heavy (non-hydrogen) atoms. The van der Waals surface area contributed by atoms with Crippen LogP contribution in [0.5, 0.6) is 0 Å². The monoisotopic (exact) mass is 257 g/mol. The van der Waals surface area contributed by atoms with Crippen molar-refractivity contribution >= 4 is 11.3 Å². The highest BCUT2D eigenvalue weighted by molar-refractivity contribution is 7.12. The second-order valence-electron chi connectivity index (χ2n) is 3.95. The molecule has 0 aliphatic carbocycles. The summed E-state index contributed by atoms with van der Waals surface area (Å²) in [7, 11) is 1.69. The number of rotatable bonds is 9. The molecule has 0 aliphatic heterocycles. The van der Waals surface area contributed by atoms with E-state index in [1.165, 1.54) is 9.75 Å². The van der Waals surface area contributed by atoms with Gasteiger partial charge in [-0.25, -0.2) is 0 Å². The molecule has 1 atom stereocenters. The summed E-state index contributed by atoms with van der Waals surface area (Å²) in [4.78, 5) is 2.77. The number of ether oxygens (including phenoxy) is 2. The Bertz CT molecular complexity index is 301. The summed E-state index contributed by atoms with van der Waals surface area (Å²) in [6.45, 7) is 7.39. The van der Waals surface area contributed by atoms with Gasteiger partial charge in [0.25, 0.3) is 0 Å². The first-order chi connectivity index (χ1) is 8.27. The van der Waals surface area contributed by atoms with E-state index in [2.05, 4.69) is 31.3 Å². The minimum Gasteiger partial charge on any atom is -0.382 e. The summed E-state index contributed by atoms with van der Waals surface area (Å²) in [5.41, 5.74) is 0. The normalized spacial score (nSPS) is 12.9. The first-order valence-electron chi connectivity index (χ1n) is 6.14. The molecular formula is C13H23NO2S. The molecule has 0 amide bonds. The van der Waals surface area contributed by atoms with E-state index in [1.54, 1.807) is 7.11 Å². The van der Waals surface area contributed by atoms with Crippen LogP contribution < -0.4 is 5.32 Å². The van der Waals surface area contributed by atoms with E-state index in [9.17, 15) is 0 Å². The first-order valence-corrected chi connectivity index (χ1v) is 6.96. The van der Waals surface area contributed by atoms with Crippen molar-refractivity contribution in [1.82, 2.24) is 5.32 Å². The fourth-order valence-electron chi connectivity index (χ4n) is 1.68. The van der Waals surface area contributed by atoms with Crippen LogP contribution in [0.2, 0.25) is 0 Å². The summed E-state index contributed by atoms with van der Waals surface area (Å²) in [5, 5.41) is 3.50. The number of aryl methyl sites for hydroxylation is 1. The topological polar surface area (TPSA) is 30.5 Å². The lowest BCUT2D eigenvalue weighted by Crippen LogP contribution is -2.21. The Hall–Kier alpha value is -0.420. The van der Waals surface area contributed by atoms with Crippen LogP contribution in [0.1, 0.15) is 29.1 Å². The third-order valence-corrected chi connectivity index (χ3v) is 3.65. The van der Waals surface area contributed by atoms with Gasteiger partial charge in [-0.05, 0) is 32.0 Å². The number of thiophene rings is 1. The van der Waals surface area contributed by atoms with Crippen LogP contribution in [0.3, 0.4) is 0 Å². The van der Waals surface area contributed by atoms with Gasteiger partial charge in [0.15, 0.2) is 0 Å². The maximum Gasteiger partial charge on any atom is 0.0700 e. The number of nitrogens with one attached hydrogen (secondary N) is 1. The molecule has 3 nitrogen and oxygen atoms in total. The molecule has 0 aromatic carbocycles. The number of hydrogen-bond acceptors (Lipinski definition) is 4. The van der Waals surface area contributed by atoms with Gasteiger partial charge in [0, 0.05) is 29.5 Å². The Morgan fingerprint density at radius 3 is 2.71 bits per heavy atom. The maximum absolute atomic E-state index is 5.52. The van der Waals surface area contributed by atoms with Crippen molar-refractivity contribution in [2.24, 2.45) is 0 Å². The average Bonchev–Trinajstić information content (AvgIpc) is 2.74. The molecule has 1 N–H and O–H groups in total. The third kappa shape index (κ3) is 5.64. The molecule has 0 aliphatic rings. The molecule has 1 heterocycles. The Labute approximate surface area is 108 Å². The van der Waals surface area contributed by atoms with Crippen molar-refractivity contribution in [3.8, 4) is 0 Å². The quantitative estimate of drug-likeness (QED) is 0.690. The summed E-state index contributed by atoms with van der Waals surface area (Å²) in [5.74, 6) is 0. The number of hydrogen-bond donors (Lipinski definition) is 1. The molecular weight excluding hydrogens is 234 g/mol. The van der Waals surface area contributed by atoms with Gasteiger partial charge >= 0.3 is 0 Å². The summed E-state index contributed by atoms with van der Waals surface area (Å²) < 4.78 is 10.5. The molecule has 0 spiro atoms. The lowest BCUT2D eigenvalue weighted by atomic mass is 10.2. The predicted molar refractivity (Wildman–Crippen MR) is 72.8 cm³/mol. The Kier molecular flexibility index (Phi) is 7.44. The molecule has 1 aromatic rings. The van der Waals surface area contributed by atoms with E-state index >= 15 is 0 Å². The van der Waals surface area contributed by atoms with E-state index < -0.39 is 0 Å². The van der Waals surface area contributed by atoms with Crippen molar-refractivity contribution in [2.75, 3.05) is 33.5 Å². The van der Waals surface area contributed by atoms with E-state index in [0.717, 1.165) is 19.6 Å². The molecule has 1 aromatic heterocycles. The standard InChI is InChI=1S/C13H23NO2S/c1-4-14-12(7-8-16-10-9-15-3)13-6-5-11(2)17-13/h5-6,12,14H,4,7-10H2,1-3H3. The van der Waals surface area contributed by atoms with Crippen molar-refractivity contribution in [1.29, 1.82) is 0 Å². The lowest BCUT2D eigenvalue weighted by molar-refractivity contribution is 0.0660. The van der Waals surface area contributed by atoms with Crippen LogP contribution >= 0.6 is 11.3 Å². The smallest absolute Gasteiger partial charge is 0.0700 e. The van der Waals surface area contributed by atoms with Crippen LogP contribution in [0.25, 0.3) is 0 Å². The van der Waals surface area contributed by atoms with E-state index in [4.69, 9.17) is 9.47 Å². The van der Waals surface area contributed by atoms with Gasteiger partial charge < -0.3 is 14.8 Å². The second kappa shape index (κ2) is 8.64. The highest BCUT2D eigenvalue weighted by atomic mass is 32.1. The van der Waals surface area contributed by atoms with Gasteiger partial charge in [0.1, 0.15) is 0 Å². The summed E-state index contributed by atoms with van der Waals surface area (Å²) in [6.07, 6.45) is 1.01. The van der Waals surface area contributed by atoms with E-state index in [0.29, 0.717) is 19.3 Å². The minimum atomic E-state index is 0.418. The zero-order chi connectivity index (χ0) is 12.5. The van der Waals surface area contributed by atoms with Gasteiger partial charge in [0.05, 0.1) is 13.2 Å². The lowest BCUT2D eigenvalue weighted by Gasteiger charge is -2.16. The molecule has 0 radical (unpaired) electrons. The minimum absolute atomic E-state index is 0.418. The van der Waals surface area contributed by atoms with Crippen molar-refractivity contribution < 1.29 is 9.47 Å². The van der Waals surface area contributed by atoms with Gasteiger partial charge in [-0.15, -0.1) is 11.3 Å². The van der Waals surface area contributed by atoms with Crippen LogP contribution in [0, 0.1) is 6.92 Å². The number of methoxy groups -OCH3 is 1. The fraction of sp³-hybridized carbons (Fsp3) is 0.692. The maximum atomic E-state index is 5.52. The van der Waals surface area contributed by atoms with E-state index in [1.807, 2.05) is 11.3 Å². The fourth-order valence-corrected chi connectivity index (χ4v) is 2.66. The van der Waals surface area contributed by atoms with Crippen LogP contribution in [0.15, 0.2) is 12.1 Å². The van der Waals surface area contributed by atoms with Crippen LogP contribution in [-0.4, -0.2) is 33.5 Å². The molecule has 0 bridgehead atoms. The summed E-state index contributed by atoms with van der Waals surface area (Å²) in [6, 6.07) is 4.81. The molecule has 0 saturated heterocycles. The molecule has 1 rings (SSSR count). The Morgan fingerprint density at radius 1 is 1.29 bits per heavy atom. The highest BCUT2D eigenvalue weighted by Crippen LogP contribution is 2.24. The predicted octanol–water partition coefficient (Wildman–Crippen LogP) is 2.76. The van der Waals surface area contributed by atoms with E-state index in [-0.39, 0.29) is 0 Å². The molecule has 0 fully saturated rings. The highest BCUT2D eigenvalue weighted by Gasteiger charge is 2.11. The van der Waals surface area contributed by atoms with Crippen LogP contribution in [-0.2, 0) is 9.47 Å². The van der Waals surface area contributed by atoms with Crippen molar-refractivity contribution in [3.05, 3.63) is 21.9 Å². The van der Waals surface area contributed by atoms with Crippen LogP contribution in [0.4, 0.5) is 0 Å². The van der Waals surface area contributed by atoms with Gasteiger partial charge in [-0.1, -0.05) is 6.92 Å². The first kappa shape index (κ1) is 14.6. The Balaban J connectivity index is 2.33. The van der Waals surface area contributed by atoms with Gasteiger partial charge in [-0.2, -0.15) is 0 Å². The largest absolute Gasteiger partial charge is 0.382 e. The third-order valence-electron chi connectivity index (χ3n) is 2.54. The molecule has 4 heteroatoms.